The van der Waals surface area contributed by atoms with Gasteiger partial charge in [-0.25, -0.2) is 4.98 Å². The summed E-state index contributed by atoms with van der Waals surface area (Å²) in [6, 6.07) is 3.49. The van der Waals surface area contributed by atoms with Gasteiger partial charge in [-0.3, -0.25) is 0 Å². The maximum Gasteiger partial charge on any atom is 0.132 e. The second kappa shape index (κ2) is 2.26. The molecule has 1 aromatic rings. The number of anilines is 1. The van der Waals surface area contributed by atoms with Gasteiger partial charge in [0.1, 0.15) is 5.82 Å². The van der Waals surface area contributed by atoms with E-state index in [0.29, 0.717) is 11.4 Å². The van der Waals surface area contributed by atoms with Crippen LogP contribution >= 0.6 is 0 Å². The van der Waals surface area contributed by atoms with E-state index in [1.807, 2.05) is 0 Å². The van der Waals surface area contributed by atoms with Crippen molar-refractivity contribution in [3.05, 3.63) is 23.9 Å². The maximum atomic E-state index is 6.84. The summed E-state index contributed by atoms with van der Waals surface area (Å²) >= 11 is 0. The molecule has 9 heavy (non-hydrogen) atoms. The first-order valence-electron chi connectivity index (χ1n) is 2.55. The molecule has 0 saturated heterocycles. The molecule has 48 valence electrons. The van der Waals surface area contributed by atoms with Crippen LogP contribution in [-0.4, -0.2) is 11.2 Å². The van der Waals surface area contributed by atoms with Crippen molar-refractivity contribution in [2.75, 3.05) is 5.73 Å². The predicted molar refractivity (Wildman–Crippen MR) is 38.6 cm³/mol. The Bertz CT molecular complexity index is 224. The molecule has 1 heterocycles. The minimum atomic E-state index is 0. The lowest BCUT2D eigenvalue weighted by Gasteiger charge is -1.93. The van der Waals surface area contributed by atoms with Gasteiger partial charge in [0, 0.05) is 19.4 Å². The molecule has 0 aliphatic heterocycles. The lowest BCUT2D eigenvalue weighted by Crippen LogP contribution is -1.94. The predicted octanol–water partition coefficient (Wildman–Crippen LogP) is 0.907. The van der Waals surface area contributed by atoms with Crippen LogP contribution in [0.15, 0.2) is 18.3 Å². The summed E-state index contributed by atoms with van der Waals surface area (Å²) in [4.78, 5) is 3.78. The molecule has 3 nitrogen and oxygen atoms in total. The van der Waals surface area contributed by atoms with Crippen molar-refractivity contribution in [1.29, 1.82) is 5.41 Å². The SMILES string of the molecule is N=Cc1cccnc1N.[HH]. The first-order valence-corrected chi connectivity index (χ1v) is 2.55. The van der Waals surface area contributed by atoms with E-state index in [4.69, 9.17) is 11.1 Å². The first kappa shape index (κ1) is 5.75. The Balaban J connectivity index is 0.000000810. The molecular weight excluding hydrogens is 114 g/mol. The summed E-state index contributed by atoms with van der Waals surface area (Å²) in [5, 5.41) is 6.84. The van der Waals surface area contributed by atoms with E-state index < -0.39 is 0 Å². The van der Waals surface area contributed by atoms with Crippen molar-refractivity contribution in [2.24, 2.45) is 0 Å². The highest BCUT2D eigenvalue weighted by molar-refractivity contribution is 5.82. The quantitative estimate of drug-likeness (QED) is 0.545. The lowest BCUT2D eigenvalue weighted by atomic mass is 10.3. The molecule has 3 N–H and O–H groups in total. The highest BCUT2D eigenvalue weighted by Gasteiger charge is 1.90. The molecule has 0 amide bonds. The van der Waals surface area contributed by atoms with Gasteiger partial charge in [0.25, 0.3) is 0 Å². The summed E-state index contributed by atoms with van der Waals surface area (Å²) < 4.78 is 0. The van der Waals surface area contributed by atoms with E-state index in [1.165, 1.54) is 6.21 Å². The van der Waals surface area contributed by atoms with E-state index in [1.54, 1.807) is 18.3 Å². The fourth-order valence-electron chi connectivity index (χ4n) is 0.552. The molecule has 0 atom stereocenters. The van der Waals surface area contributed by atoms with E-state index >= 15 is 0 Å². The highest BCUT2D eigenvalue weighted by Crippen LogP contribution is 2.01. The fourth-order valence-corrected chi connectivity index (χ4v) is 0.552. The molecular formula is C6H9N3. The average Bonchev–Trinajstić information content (AvgIpc) is 1.89. The summed E-state index contributed by atoms with van der Waals surface area (Å²) in [5.74, 6) is 0.410. The Kier molecular flexibility index (Phi) is 1.44. The van der Waals surface area contributed by atoms with Crippen LogP contribution < -0.4 is 5.73 Å². The Morgan fingerprint density at radius 1 is 1.78 bits per heavy atom. The van der Waals surface area contributed by atoms with Crippen LogP contribution in [0.25, 0.3) is 0 Å². The lowest BCUT2D eigenvalue weighted by molar-refractivity contribution is 1.32. The van der Waals surface area contributed by atoms with Crippen molar-refractivity contribution >= 4 is 12.0 Å². The minimum absolute atomic E-state index is 0. The van der Waals surface area contributed by atoms with Gasteiger partial charge in [0.15, 0.2) is 0 Å². The molecule has 0 unspecified atom stereocenters. The highest BCUT2D eigenvalue weighted by atomic mass is 14.8. The Hall–Kier alpha value is -1.38. The Labute approximate surface area is 54.5 Å². The Morgan fingerprint density at radius 2 is 2.56 bits per heavy atom. The summed E-state index contributed by atoms with van der Waals surface area (Å²) in [5.41, 5.74) is 6.03. The zero-order valence-electron chi connectivity index (χ0n) is 4.83. The van der Waals surface area contributed by atoms with E-state index in [9.17, 15) is 0 Å². The molecule has 0 spiro atoms. The molecule has 0 aliphatic rings. The zero-order valence-corrected chi connectivity index (χ0v) is 4.83. The monoisotopic (exact) mass is 123 g/mol. The maximum absolute atomic E-state index is 6.84. The second-order valence-corrected chi connectivity index (χ2v) is 1.62. The Morgan fingerprint density at radius 3 is 3.00 bits per heavy atom. The van der Waals surface area contributed by atoms with Crippen molar-refractivity contribution < 1.29 is 1.43 Å². The van der Waals surface area contributed by atoms with Gasteiger partial charge in [-0.05, 0) is 12.1 Å². The zero-order chi connectivity index (χ0) is 6.69. The molecule has 0 aliphatic carbocycles. The van der Waals surface area contributed by atoms with Gasteiger partial charge < -0.3 is 11.1 Å². The van der Waals surface area contributed by atoms with Gasteiger partial charge in [-0.1, -0.05) is 0 Å². The molecule has 0 aromatic carbocycles. The van der Waals surface area contributed by atoms with Crippen molar-refractivity contribution in [3.63, 3.8) is 0 Å². The third kappa shape index (κ3) is 1.05. The third-order valence-electron chi connectivity index (χ3n) is 1.03. The number of pyridine rings is 1. The van der Waals surface area contributed by atoms with Gasteiger partial charge in [-0.15, -0.1) is 0 Å². The largest absolute Gasteiger partial charge is 0.383 e. The summed E-state index contributed by atoms with van der Waals surface area (Å²) in [6.07, 6.45) is 2.78. The third-order valence-corrected chi connectivity index (χ3v) is 1.03. The van der Waals surface area contributed by atoms with E-state index in [-0.39, 0.29) is 1.43 Å². The van der Waals surface area contributed by atoms with Crippen LogP contribution in [-0.2, 0) is 0 Å². The standard InChI is InChI=1S/C6H7N3.H2/c7-4-5-2-1-3-9-6(5)8;/h1-4,7H,(H2,8,9);1H. The summed E-state index contributed by atoms with van der Waals surface area (Å²) in [6.45, 7) is 0. The van der Waals surface area contributed by atoms with Crippen LogP contribution in [0.3, 0.4) is 0 Å². The number of aromatic nitrogens is 1. The number of nitrogens with two attached hydrogens (primary N) is 1. The van der Waals surface area contributed by atoms with Crippen molar-refractivity contribution in [2.45, 2.75) is 0 Å². The number of nitrogens with one attached hydrogen (secondary N) is 1. The van der Waals surface area contributed by atoms with Crippen LogP contribution in [0, 0.1) is 5.41 Å². The average molecular weight is 123 g/mol. The van der Waals surface area contributed by atoms with Crippen LogP contribution in [0.2, 0.25) is 0 Å². The smallest absolute Gasteiger partial charge is 0.132 e. The first-order chi connectivity index (χ1) is 4.34. The number of nitrogen functional groups attached to an aromatic ring is 1. The number of hydrogen-bond donors (Lipinski definition) is 2. The number of nitrogens with zero attached hydrogens (tertiary/aromatic N) is 1. The second-order valence-electron chi connectivity index (χ2n) is 1.62. The van der Waals surface area contributed by atoms with Gasteiger partial charge >= 0.3 is 0 Å². The van der Waals surface area contributed by atoms with Crippen LogP contribution in [0.5, 0.6) is 0 Å². The van der Waals surface area contributed by atoms with Crippen LogP contribution in [0.4, 0.5) is 5.82 Å². The van der Waals surface area contributed by atoms with E-state index in [0.717, 1.165) is 0 Å². The molecule has 3 heteroatoms. The molecule has 1 aromatic heterocycles. The minimum Gasteiger partial charge on any atom is -0.383 e. The van der Waals surface area contributed by atoms with Gasteiger partial charge in [0.05, 0.1) is 0 Å². The van der Waals surface area contributed by atoms with Crippen molar-refractivity contribution in [1.82, 2.24) is 4.98 Å². The molecule has 1 rings (SSSR count). The fraction of sp³-hybridized carbons (Fsp3) is 0. The van der Waals surface area contributed by atoms with Crippen molar-refractivity contribution in [3.8, 4) is 0 Å². The summed E-state index contributed by atoms with van der Waals surface area (Å²) in [7, 11) is 0. The topological polar surface area (TPSA) is 62.8 Å². The van der Waals surface area contributed by atoms with Gasteiger partial charge in [0.2, 0.25) is 0 Å². The van der Waals surface area contributed by atoms with Gasteiger partial charge in [-0.2, -0.15) is 0 Å². The molecule has 0 radical (unpaired) electrons. The number of rotatable bonds is 1. The molecule has 0 bridgehead atoms. The van der Waals surface area contributed by atoms with E-state index in [2.05, 4.69) is 4.98 Å². The van der Waals surface area contributed by atoms with Crippen LogP contribution in [0.1, 0.15) is 6.99 Å². The number of hydrogen-bond acceptors (Lipinski definition) is 3. The molecule has 0 saturated carbocycles. The normalized spacial score (nSPS) is 8.89. The molecule has 0 fully saturated rings.